The minimum absolute atomic E-state index is 0.0928. The molecular formula is C25H30F2N6O2. The molecule has 0 aromatic heterocycles. The molecule has 0 saturated heterocycles. The maximum atomic E-state index is 14.0. The van der Waals surface area contributed by atoms with Crippen LogP contribution in [0.15, 0.2) is 30.3 Å². The molecule has 0 saturated carbocycles. The van der Waals surface area contributed by atoms with E-state index < -0.39 is 5.82 Å². The molecule has 1 aliphatic heterocycles. The minimum Gasteiger partial charge on any atom is -0.315 e. The van der Waals surface area contributed by atoms with E-state index in [9.17, 15) is 23.6 Å². The number of aryl methyl sites for hydroxylation is 1. The van der Waals surface area contributed by atoms with Gasteiger partial charge in [-0.1, -0.05) is 19.1 Å². The first-order chi connectivity index (χ1) is 16.8. The Labute approximate surface area is 204 Å². The van der Waals surface area contributed by atoms with E-state index in [4.69, 9.17) is 0 Å². The van der Waals surface area contributed by atoms with Gasteiger partial charge in [0.05, 0.1) is 18.7 Å². The Morgan fingerprint density at radius 1 is 1.11 bits per heavy atom. The third-order valence-electron chi connectivity index (χ3n) is 6.01. The number of amides is 2. The summed E-state index contributed by atoms with van der Waals surface area (Å²) in [7, 11) is 1.61. The summed E-state index contributed by atoms with van der Waals surface area (Å²) in [6.45, 7) is 5.67. The van der Waals surface area contributed by atoms with Crippen LogP contribution in [0.4, 0.5) is 14.5 Å². The zero-order valence-corrected chi connectivity index (χ0v) is 20.2. The van der Waals surface area contributed by atoms with E-state index in [-0.39, 0.29) is 36.3 Å². The zero-order chi connectivity index (χ0) is 25.5. The molecule has 0 spiro atoms. The van der Waals surface area contributed by atoms with Crippen molar-refractivity contribution in [2.24, 2.45) is 0 Å². The van der Waals surface area contributed by atoms with Gasteiger partial charge in [0.25, 0.3) is 5.91 Å². The number of carbonyl (C=O) groups is 2. The number of nitriles is 1. The number of anilines is 1. The van der Waals surface area contributed by atoms with E-state index in [1.807, 2.05) is 19.1 Å². The van der Waals surface area contributed by atoms with Crippen LogP contribution in [0.2, 0.25) is 0 Å². The summed E-state index contributed by atoms with van der Waals surface area (Å²) in [4.78, 5) is 27.2. The molecule has 8 nitrogen and oxygen atoms in total. The smallest absolute Gasteiger partial charge is 0.250 e. The van der Waals surface area contributed by atoms with Crippen molar-refractivity contribution in [3.8, 4) is 6.07 Å². The Hall–Kier alpha value is -3.39. The van der Waals surface area contributed by atoms with Gasteiger partial charge in [0.1, 0.15) is 17.7 Å². The standard InChI is InChI=1S/C25H30F2N6O2/c1-4-29-8-9-33(23-11-19(12-28)22(27)10-17(23)2)25(35)14-30-13-24(34)31(3)32-15-18-6-5-7-21(26)20(18)16-32/h5-7,10-11,29-30H,4,8-9,13-16H2,1-3H3. The van der Waals surface area contributed by atoms with Crippen molar-refractivity contribution in [2.75, 3.05) is 44.7 Å². The van der Waals surface area contributed by atoms with E-state index >= 15 is 0 Å². The van der Waals surface area contributed by atoms with Crippen molar-refractivity contribution >= 4 is 17.5 Å². The number of hydrazine groups is 1. The number of halogens is 2. The van der Waals surface area contributed by atoms with Gasteiger partial charge in [0.15, 0.2) is 0 Å². The van der Waals surface area contributed by atoms with Gasteiger partial charge >= 0.3 is 0 Å². The van der Waals surface area contributed by atoms with Crippen LogP contribution in [-0.4, -0.2) is 61.6 Å². The maximum Gasteiger partial charge on any atom is 0.250 e. The van der Waals surface area contributed by atoms with E-state index in [0.29, 0.717) is 43.0 Å². The molecule has 0 aliphatic carbocycles. The molecule has 3 rings (SSSR count). The van der Waals surface area contributed by atoms with Gasteiger partial charge in [0, 0.05) is 44.5 Å². The fraction of sp³-hybridized carbons (Fsp3) is 0.400. The Kier molecular flexibility index (Phi) is 8.87. The normalized spacial score (nSPS) is 12.8. The second kappa shape index (κ2) is 11.8. The Morgan fingerprint density at radius 3 is 2.54 bits per heavy atom. The van der Waals surface area contributed by atoms with Crippen molar-refractivity contribution in [1.82, 2.24) is 20.7 Å². The first-order valence-electron chi connectivity index (χ1n) is 11.5. The molecule has 0 bridgehead atoms. The third kappa shape index (κ3) is 6.19. The number of benzene rings is 2. The molecule has 0 atom stereocenters. The molecule has 1 heterocycles. The predicted molar refractivity (Wildman–Crippen MR) is 128 cm³/mol. The van der Waals surface area contributed by atoms with Gasteiger partial charge in [-0.3, -0.25) is 19.9 Å². The lowest BCUT2D eigenvalue weighted by Gasteiger charge is -2.28. The number of rotatable bonds is 10. The van der Waals surface area contributed by atoms with Crippen molar-refractivity contribution in [3.05, 3.63) is 64.2 Å². The Morgan fingerprint density at radius 2 is 1.86 bits per heavy atom. The van der Waals surface area contributed by atoms with Crippen LogP contribution < -0.4 is 15.5 Å². The van der Waals surface area contributed by atoms with Gasteiger partial charge < -0.3 is 10.2 Å². The molecule has 10 heteroatoms. The minimum atomic E-state index is -0.636. The quantitative estimate of drug-likeness (QED) is 0.502. The highest BCUT2D eigenvalue weighted by atomic mass is 19.1. The topological polar surface area (TPSA) is 91.7 Å². The average Bonchev–Trinajstić information content (AvgIpc) is 3.27. The summed E-state index contributed by atoms with van der Waals surface area (Å²) in [5.41, 5.74) is 2.27. The number of fused-ring (bicyclic) bond motifs is 1. The highest BCUT2D eigenvalue weighted by Gasteiger charge is 2.27. The van der Waals surface area contributed by atoms with Crippen LogP contribution in [0.1, 0.15) is 29.2 Å². The zero-order valence-electron chi connectivity index (χ0n) is 20.2. The number of nitrogens with zero attached hydrogens (tertiary/aromatic N) is 4. The number of nitrogens with one attached hydrogen (secondary N) is 2. The summed E-state index contributed by atoms with van der Waals surface area (Å²) in [5, 5.41) is 18.4. The first kappa shape index (κ1) is 26.2. The lowest BCUT2D eigenvalue weighted by Crippen LogP contribution is -2.47. The fourth-order valence-electron chi connectivity index (χ4n) is 4.00. The van der Waals surface area contributed by atoms with E-state index in [0.717, 1.165) is 12.1 Å². The third-order valence-corrected chi connectivity index (χ3v) is 6.01. The summed E-state index contributed by atoms with van der Waals surface area (Å²) >= 11 is 0. The largest absolute Gasteiger partial charge is 0.315 e. The number of carbonyl (C=O) groups excluding carboxylic acids is 2. The van der Waals surface area contributed by atoms with Crippen molar-refractivity contribution < 1.29 is 18.4 Å². The molecule has 35 heavy (non-hydrogen) atoms. The van der Waals surface area contributed by atoms with Crippen molar-refractivity contribution in [2.45, 2.75) is 26.9 Å². The number of hydrogen-bond donors (Lipinski definition) is 2. The Balaban J connectivity index is 1.61. The van der Waals surface area contributed by atoms with Crippen molar-refractivity contribution in [3.63, 3.8) is 0 Å². The monoisotopic (exact) mass is 484 g/mol. The van der Waals surface area contributed by atoms with Gasteiger partial charge in [0.2, 0.25) is 5.91 Å². The molecule has 186 valence electrons. The number of hydrogen-bond acceptors (Lipinski definition) is 6. The summed E-state index contributed by atoms with van der Waals surface area (Å²) in [5.74, 6) is -1.51. The lowest BCUT2D eigenvalue weighted by atomic mass is 10.1. The van der Waals surface area contributed by atoms with E-state index in [1.165, 1.54) is 28.1 Å². The van der Waals surface area contributed by atoms with Crippen molar-refractivity contribution in [1.29, 1.82) is 5.26 Å². The highest BCUT2D eigenvalue weighted by molar-refractivity contribution is 5.96. The van der Waals surface area contributed by atoms with Crippen LogP contribution in [0.3, 0.4) is 0 Å². The molecule has 2 aromatic rings. The SMILES string of the molecule is CCNCCN(C(=O)CNCC(=O)N(C)N1Cc2cccc(F)c2C1)c1cc(C#N)c(F)cc1C. The van der Waals surface area contributed by atoms with E-state index in [1.54, 1.807) is 25.0 Å². The van der Waals surface area contributed by atoms with Crippen LogP contribution in [0.5, 0.6) is 0 Å². The molecule has 0 radical (unpaired) electrons. The second-order valence-electron chi connectivity index (χ2n) is 8.35. The maximum absolute atomic E-state index is 14.0. The van der Waals surface area contributed by atoms with Crippen LogP contribution in [-0.2, 0) is 22.7 Å². The molecule has 2 amide bonds. The van der Waals surface area contributed by atoms with Gasteiger partial charge in [-0.05, 0) is 42.8 Å². The lowest BCUT2D eigenvalue weighted by molar-refractivity contribution is -0.145. The van der Waals surface area contributed by atoms with Crippen LogP contribution in [0.25, 0.3) is 0 Å². The van der Waals surface area contributed by atoms with E-state index in [2.05, 4.69) is 10.6 Å². The summed E-state index contributed by atoms with van der Waals surface area (Å²) in [6.07, 6.45) is 0. The Bertz CT molecular complexity index is 1130. The highest BCUT2D eigenvalue weighted by Crippen LogP contribution is 2.26. The fourth-order valence-corrected chi connectivity index (χ4v) is 4.00. The number of likely N-dealkylation sites (N-methyl/N-ethyl adjacent to an activating group) is 2. The first-order valence-corrected chi connectivity index (χ1v) is 11.5. The summed E-state index contributed by atoms with van der Waals surface area (Å²) < 4.78 is 28.0. The molecule has 2 N–H and O–H groups in total. The molecular weight excluding hydrogens is 454 g/mol. The van der Waals surface area contributed by atoms with Gasteiger partial charge in [-0.2, -0.15) is 5.26 Å². The second-order valence-corrected chi connectivity index (χ2v) is 8.35. The molecule has 0 fully saturated rings. The molecule has 0 unspecified atom stereocenters. The van der Waals surface area contributed by atoms with Gasteiger partial charge in [-0.15, -0.1) is 0 Å². The van der Waals surface area contributed by atoms with Gasteiger partial charge in [-0.25, -0.2) is 13.8 Å². The van der Waals surface area contributed by atoms with Crippen LogP contribution >= 0.6 is 0 Å². The molecule has 2 aromatic carbocycles. The summed E-state index contributed by atoms with van der Waals surface area (Å²) in [6, 6.07) is 9.31. The predicted octanol–water partition coefficient (Wildman–Crippen LogP) is 2.07. The molecule has 1 aliphatic rings. The average molecular weight is 485 g/mol. The van der Waals surface area contributed by atoms with Crippen LogP contribution in [0, 0.1) is 29.9 Å².